The van der Waals surface area contributed by atoms with E-state index in [2.05, 4.69) is 21.7 Å². The van der Waals surface area contributed by atoms with E-state index in [1.165, 1.54) is 16.9 Å². The summed E-state index contributed by atoms with van der Waals surface area (Å²) in [5.41, 5.74) is 3.77. The fourth-order valence-electron chi connectivity index (χ4n) is 3.45. The minimum Gasteiger partial charge on any atom is -0.462 e. The number of esters is 1. The predicted molar refractivity (Wildman–Crippen MR) is 112 cm³/mol. The lowest BCUT2D eigenvalue weighted by Crippen LogP contribution is -2.28. The van der Waals surface area contributed by atoms with E-state index in [1.807, 2.05) is 12.1 Å². The van der Waals surface area contributed by atoms with Gasteiger partial charge in [0.2, 0.25) is 5.91 Å². The normalized spacial score (nSPS) is 12.7. The molecule has 3 aromatic heterocycles. The molecule has 150 valence electrons. The van der Waals surface area contributed by atoms with E-state index in [-0.39, 0.29) is 19.1 Å². The van der Waals surface area contributed by atoms with Crippen LogP contribution in [0.2, 0.25) is 0 Å². The molecule has 1 aliphatic carbocycles. The second-order valence-corrected chi connectivity index (χ2v) is 7.84. The lowest BCUT2D eigenvalue weighted by molar-refractivity contribution is -0.115. The predicted octanol–water partition coefficient (Wildman–Crippen LogP) is 3.09. The molecule has 0 unspecified atom stereocenters. The monoisotopic (exact) mass is 410 g/mol. The van der Waals surface area contributed by atoms with Crippen LogP contribution in [0.3, 0.4) is 0 Å². The summed E-state index contributed by atoms with van der Waals surface area (Å²) in [6, 6.07) is 5.85. The van der Waals surface area contributed by atoms with Crippen LogP contribution in [0.1, 0.15) is 39.8 Å². The fourth-order valence-corrected chi connectivity index (χ4v) is 4.48. The summed E-state index contributed by atoms with van der Waals surface area (Å²) in [6.45, 7) is 2.69. The number of carbonyl (C=O) groups excluding carboxylic acids is 2. The molecule has 3 heterocycles. The van der Waals surface area contributed by atoms with Crippen LogP contribution in [-0.4, -0.2) is 35.0 Å². The number of aryl methyl sites for hydroxylation is 2. The highest BCUT2D eigenvalue weighted by Gasteiger charge is 2.24. The molecule has 8 heteroatoms. The van der Waals surface area contributed by atoms with Crippen molar-refractivity contribution >= 4 is 39.1 Å². The second kappa shape index (κ2) is 8.67. The summed E-state index contributed by atoms with van der Waals surface area (Å²) in [6.07, 6.45) is 6.48. The summed E-state index contributed by atoms with van der Waals surface area (Å²) in [4.78, 5) is 34.9. The highest BCUT2D eigenvalue weighted by atomic mass is 32.1. The number of carbonyl (C=O) groups is 2. The molecule has 0 atom stereocenters. The van der Waals surface area contributed by atoms with Crippen LogP contribution in [-0.2, 0) is 28.9 Å². The average Bonchev–Trinajstić information content (AvgIpc) is 3.31. The number of anilines is 1. The molecule has 1 amide bonds. The third kappa shape index (κ3) is 4.28. The lowest BCUT2D eigenvalue weighted by Gasteiger charge is -2.09. The molecule has 0 radical (unpaired) electrons. The highest BCUT2D eigenvalue weighted by Crippen LogP contribution is 2.38. The first-order valence-corrected chi connectivity index (χ1v) is 10.5. The number of nitrogens with zero attached hydrogens (tertiary/aromatic N) is 2. The molecule has 0 saturated heterocycles. The summed E-state index contributed by atoms with van der Waals surface area (Å²) >= 11 is 1.27. The van der Waals surface area contributed by atoms with Gasteiger partial charge >= 0.3 is 5.97 Å². The summed E-state index contributed by atoms with van der Waals surface area (Å²) < 4.78 is 5.19. The van der Waals surface area contributed by atoms with Gasteiger partial charge in [-0.05, 0) is 49.4 Å². The number of amides is 1. The first-order chi connectivity index (χ1) is 14.2. The zero-order chi connectivity index (χ0) is 20.2. The molecule has 3 aromatic rings. The molecule has 7 nitrogen and oxygen atoms in total. The van der Waals surface area contributed by atoms with E-state index in [4.69, 9.17) is 9.72 Å². The Bertz CT molecular complexity index is 1050. The van der Waals surface area contributed by atoms with Crippen LogP contribution >= 0.6 is 11.3 Å². The minimum atomic E-state index is -0.436. The van der Waals surface area contributed by atoms with Crippen molar-refractivity contribution in [2.45, 2.75) is 32.7 Å². The van der Waals surface area contributed by atoms with Crippen molar-refractivity contribution in [2.24, 2.45) is 0 Å². The topological polar surface area (TPSA) is 93.2 Å². The van der Waals surface area contributed by atoms with Gasteiger partial charge in [0.1, 0.15) is 9.71 Å². The van der Waals surface area contributed by atoms with Gasteiger partial charge < -0.3 is 15.4 Å². The van der Waals surface area contributed by atoms with Gasteiger partial charge in [0, 0.05) is 30.0 Å². The van der Waals surface area contributed by atoms with Crippen LogP contribution < -0.4 is 10.6 Å². The van der Waals surface area contributed by atoms with E-state index in [0.29, 0.717) is 17.1 Å². The molecule has 0 aliphatic heterocycles. The molecule has 1 aliphatic rings. The van der Waals surface area contributed by atoms with Gasteiger partial charge in [0.05, 0.1) is 18.8 Å². The van der Waals surface area contributed by atoms with Crippen LogP contribution in [0.4, 0.5) is 5.69 Å². The molecule has 0 aromatic carbocycles. The van der Waals surface area contributed by atoms with E-state index in [0.717, 1.165) is 40.7 Å². The number of aromatic nitrogens is 2. The smallest absolute Gasteiger partial charge is 0.350 e. The highest BCUT2D eigenvalue weighted by molar-refractivity contribution is 7.21. The van der Waals surface area contributed by atoms with E-state index in [1.54, 1.807) is 19.3 Å². The third-order valence-corrected chi connectivity index (χ3v) is 5.85. The zero-order valence-corrected chi connectivity index (χ0v) is 17.0. The van der Waals surface area contributed by atoms with Crippen LogP contribution in [0, 0.1) is 0 Å². The maximum atomic E-state index is 12.6. The SMILES string of the molecule is CCOC(=O)c1sc2nc3c(cc2c1NC(=O)CNCc1cccnc1)CCC3. The number of thiophene rings is 1. The van der Waals surface area contributed by atoms with Crippen molar-refractivity contribution < 1.29 is 14.3 Å². The number of nitrogens with one attached hydrogen (secondary N) is 2. The van der Waals surface area contributed by atoms with E-state index >= 15 is 0 Å². The van der Waals surface area contributed by atoms with Gasteiger partial charge in [-0.2, -0.15) is 0 Å². The van der Waals surface area contributed by atoms with Gasteiger partial charge in [0.25, 0.3) is 0 Å². The first-order valence-electron chi connectivity index (χ1n) is 9.67. The van der Waals surface area contributed by atoms with Crippen molar-refractivity contribution in [3.8, 4) is 0 Å². The van der Waals surface area contributed by atoms with Gasteiger partial charge in [-0.1, -0.05) is 6.07 Å². The molecular formula is C21H22N4O3S. The molecule has 4 rings (SSSR count). The molecular weight excluding hydrogens is 388 g/mol. The summed E-state index contributed by atoms with van der Waals surface area (Å²) in [5.74, 6) is -0.658. The quantitative estimate of drug-likeness (QED) is 0.582. The zero-order valence-electron chi connectivity index (χ0n) is 16.2. The van der Waals surface area contributed by atoms with Gasteiger partial charge in [0.15, 0.2) is 0 Å². The van der Waals surface area contributed by atoms with Crippen molar-refractivity contribution in [3.05, 3.63) is 52.3 Å². The Labute approximate surface area is 172 Å². The third-order valence-electron chi connectivity index (χ3n) is 4.77. The molecule has 0 spiro atoms. The van der Waals surface area contributed by atoms with Crippen LogP contribution in [0.5, 0.6) is 0 Å². The van der Waals surface area contributed by atoms with Crippen molar-refractivity contribution in [1.29, 1.82) is 0 Å². The summed E-state index contributed by atoms with van der Waals surface area (Å²) in [5, 5.41) is 6.80. The molecule has 0 saturated carbocycles. The Morgan fingerprint density at radius 2 is 2.21 bits per heavy atom. The number of hydrogen-bond acceptors (Lipinski definition) is 7. The van der Waals surface area contributed by atoms with E-state index < -0.39 is 5.97 Å². The maximum Gasteiger partial charge on any atom is 0.350 e. The average molecular weight is 410 g/mol. The molecule has 2 N–H and O–H groups in total. The van der Waals surface area contributed by atoms with E-state index in [9.17, 15) is 9.59 Å². The number of pyridine rings is 2. The maximum absolute atomic E-state index is 12.6. The Morgan fingerprint density at radius 1 is 1.31 bits per heavy atom. The second-order valence-electron chi connectivity index (χ2n) is 6.84. The Kier molecular flexibility index (Phi) is 5.82. The van der Waals surface area contributed by atoms with Gasteiger partial charge in [-0.15, -0.1) is 11.3 Å². The number of fused-ring (bicyclic) bond motifs is 2. The largest absolute Gasteiger partial charge is 0.462 e. The first kappa shape index (κ1) is 19.5. The van der Waals surface area contributed by atoms with Crippen molar-refractivity contribution in [3.63, 3.8) is 0 Å². The minimum absolute atomic E-state index is 0.118. The molecule has 0 fully saturated rings. The van der Waals surface area contributed by atoms with Crippen molar-refractivity contribution in [2.75, 3.05) is 18.5 Å². The van der Waals surface area contributed by atoms with Crippen molar-refractivity contribution in [1.82, 2.24) is 15.3 Å². The van der Waals surface area contributed by atoms with Crippen LogP contribution in [0.15, 0.2) is 30.6 Å². The van der Waals surface area contributed by atoms with Gasteiger partial charge in [-0.3, -0.25) is 9.78 Å². The lowest BCUT2D eigenvalue weighted by atomic mass is 10.1. The summed E-state index contributed by atoms with van der Waals surface area (Å²) in [7, 11) is 0. The number of rotatable bonds is 7. The van der Waals surface area contributed by atoms with Crippen LogP contribution in [0.25, 0.3) is 10.2 Å². The van der Waals surface area contributed by atoms with Gasteiger partial charge in [-0.25, -0.2) is 9.78 Å². The Morgan fingerprint density at radius 3 is 3.00 bits per heavy atom. The standard InChI is InChI=1S/C21H22N4O3S/c1-2-28-21(27)19-18(15-9-14-6-3-7-16(14)24-20(15)29-19)25-17(26)12-23-11-13-5-4-8-22-10-13/h4-5,8-10,23H,2-3,6-7,11-12H2,1H3,(H,25,26). The molecule has 0 bridgehead atoms. The Balaban J connectivity index is 1.54. The Hall–Kier alpha value is -2.84. The molecule has 29 heavy (non-hydrogen) atoms. The number of ether oxygens (including phenoxy) is 1. The fraction of sp³-hybridized carbons (Fsp3) is 0.333. The number of hydrogen-bond donors (Lipinski definition) is 2.